The lowest BCUT2D eigenvalue weighted by Gasteiger charge is -2.22. The first-order chi connectivity index (χ1) is 9.65. The SMILES string of the molecule is Cc1nc(CN(C)C(=O)NCCC2CCCCC2)cs1. The average Bonchev–Trinajstić information content (AvgIpc) is 2.85. The summed E-state index contributed by atoms with van der Waals surface area (Å²) in [5.74, 6) is 0.815. The Balaban J connectivity index is 1.65. The van der Waals surface area contributed by atoms with E-state index in [-0.39, 0.29) is 6.03 Å². The number of amides is 2. The van der Waals surface area contributed by atoms with Gasteiger partial charge in [0.25, 0.3) is 0 Å². The largest absolute Gasteiger partial charge is 0.338 e. The molecule has 112 valence electrons. The molecule has 4 nitrogen and oxygen atoms in total. The molecular formula is C15H25N3OS. The Bertz CT molecular complexity index is 427. The number of rotatable bonds is 5. The van der Waals surface area contributed by atoms with Crippen LogP contribution in [0.1, 0.15) is 49.2 Å². The quantitative estimate of drug-likeness (QED) is 0.902. The van der Waals surface area contributed by atoms with Crippen LogP contribution in [0.15, 0.2) is 5.38 Å². The molecule has 2 amide bonds. The third-order valence-electron chi connectivity index (χ3n) is 3.97. The fourth-order valence-electron chi connectivity index (χ4n) is 2.79. The van der Waals surface area contributed by atoms with Crippen molar-refractivity contribution in [2.45, 2.75) is 52.0 Å². The molecule has 0 saturated heterocycles. The van der Waals surface area contributed by atoms with Gasteiger partial charge in [0.15, 0.2) is 0 Å². The monoisotopic (exact) mass is 295 g/mol. The predicted octanol–water partition coefficient (Wildman–Crippen LogP) is 3.56. The number of carbonyl (C=O) groups is 1. The molecule has 2 rings (SSSR count). The minimum absolute atomic E-state index is 0.00598. The summed E-state index contributed by atoms with van der Waals surface area (Å²) >= 11 is 1.63. The summed E-state index contributed by atoms with van der Waals surface area (Å²) < 4.78 is 0. The number of hydrogen-bond donors (Lipinski definition) is 1. The number of carbonyl (C=O) groups excluding carboxylic acids is 1. The van der Waals surface area contributed by atoms with Crippen molar-refractivity contribution in [2.75, 3.05) is 13.6 Å². The van der Waals surface area contributed by atoms with Crippen LogP contribution in [0.25, 0.3) is 0 Å². The van der Waals surface area contributed by atoms with Crippen LogP contribution < -0.4 is 5.32 Å². The normalized spacial score (nSPS) is 16.1. The smallest absolute Gasteiger partial charge is 0.317 e. The molecule has 0 bridgehead atoms. The highest BCUT2D eigenvalue weighted by Crippen LogP contribution is 2.25. The maximum atomic E-state index is 12.0. The van der Waals surface area contributed by atoms with Crippen LogP contribution in [0.5, 0.6) is 0 Å². The van der Waals surface area contributed by atoms with Crippen LogP contribution in [-0.4, -0.2) is 29.5 Å². The Kier molecular flexibility index (Phi) is 5.83. The van der Waals surface area contributed by atoms with Gasteiger partial charge in [-0.2, -0.15) is 0 Å². The van der Waals surface area contributed by atoms with Gasteiger partial charge >= 0.3 is 6.03 Å². The van der Waals surface area contributed by atoms with Crippen molar-refractivity contribution in [3.05, 3.63) is 16.1 Å². The third-order valence-corrected chi connectivity index (χ3v) is 4.79. The minimum atomic E-state index is 0.00598. The van der Waals surface area contributed by atoms with E-state index >= 15 is 0 Å². The van der Waals surface area contributed by atoms with Gasteiger partial charge in [0.2, 0.25) is 0 Å². The van der Waals surface area contributed by atoms with E-state index in [1.165, 1.54) is 32.1 Å². The van der Waals surface area contributed by atoms with E-state index in [0.29, 0.717) is 6.54 Å². The molecule has 1 aromatic heterocycles. The molecule has 0 radical (unpaired) electrons. The molecule has 1 aliphatic rings. The number of urea groups is 1. The molecule has 0 aromatic carbocycles. The van der Waals surface area contributed by atoms with Gasteiger partial charge in [-0.05, 0) is 19.3 Å². The number of aromatic nitrogens is 1. The van der Waals surface area contributed by atoms with Gasteiger partial charge in [-0.1, -0.05) is 32.1 Å². The molecule has 1 aliphatic carbocycles. The molecule has 0 aliphatic heterocycles. The van der Waals surface area contributed by atoms with Crippen molar-refractivity contribution in [3.8, 4) is 0 Å². The molecular weight excluding hydrogens is 270 g/mol. The lowest BCUT2D eigenvalue weighted by Crippen LogP contribution is -2.37. The summed E-state index contributed by atoms with van der Waals surface area (Å²) in [6.45, 7) is 3.36. The van der Waals surface area contributed by atoms with E-state index in [1.807, 2.05) is 19.4 Å². The number of nitrogens with one attached hydrogen (secondary N) is 1. The van der Waals surface area contributed by atoms with Crippen LogP contribution >= 0.6 is 11.3 Å². The summed E-state index contributed by atoms with van der Waals surface area (Å²) in [5, 5.41) is 6.08. The van der Waals surface area contributed by atoms with Gasteiger partial charge in [0, 0.05) is 19.0 Å². The van der Waals surface area contributed by atoms with Crippen molar-refractivity contribution < 1.29 is 4.79 Å². The van der Waals surface area contributed by atoms with Crippen LogP contribution in [-0.2, 0) is 6.54 Å². The highest BCUT2D eigenvalue weighted by Gasteiger charge is 2.14. The first-order valence-electron chi connectivity index (χ1n) is 7.55. The lowest BCUT2D eigenvalue weighted by atomic mass is 9.87. The number of hydrogen-bond acceptors (Lipinski definition) is 3. The average molecular weight is 295 g/mol. The van der Waals surface area contributed by atoms with E-state index in [0.717, 1.165) is 29.6 Å². The van der Waals surface area contributed by atoms with Crippen LogP contribution in [0.4, 0.5) is 4.79 Å². The molecule has 0 spiro atoms. The Hall–Kier alpha value is -1.10. The lowest BCUT2D eigenvalue weighted by molar-refractivity contribution is 0.205. The summed E-state index contributed by atoms with van der Waals surface area (Å²) in [7, 11) is 1.82. The second kappa shape index (κ2) is 7.62. The van der Waals surface area contributed by atoms with E-state index in [2.05, 4.69) is 10.3 Å². The van der Waals surface area contributed by atoms with E-state index in [1.54, 1.807) is 16.2 Å². The summed E-state index contributed by atoms with van der Waals surface area (Å²) in [6.07, 6.45) is 7.91. The predicted molar refractivity (Wildman–Crippen MR) is 82.9 cm³/mol. The zero-order valence-corrected chi connectivity index (χ0v) is 13.3. The molecule has 0 unspecified atom stereocenters. The number of aryl methyl sites for hydroxylation is 1. The molecule has 1 aromatic rings. The van der Waals surface area contributed by atoms with E-state index < -0.39 is 0 Å². The Morgan fingerprint density at radius 1 is 1.45 bits per heavy atom. The van der Waals surface area contributed by atoms with Gasteiger partial charge in [-0.15, -0.1) is 11.3 Å². The zero-order valence-electron chi connectivity index (χ0n) is 12.5. The van der Waals surface area contributed by atoms with Gasteiger partial charge in [0.1, 0.15) is 0 Å². The van der Waals surface area contributed by atoms with Crippen LogP contribution in [0.2, 0.25) is 0 Å². The van der Waals surface area contributed by atoms with Crippen LogP contribution in [0, 0.1) is 12.8 Å². The second-order valence-electron chi connectivity index (χ2n) is 5.74. The van der Waals surface area contributed by atoms with E-state index in [4.69, 9.17) is 0 Å². The number of nitrogens with zero attached hydrogens (tertiary/aromatic N) is 2. The van der Waals surface area contributed by atoms with Gasteiger partial charge in [-0.3, -0.25) is 0 Å². The Morgan fingerprint density at radius 2 is 2.20 bits per heavy atom. The molecule has 5 heteroatoms. The maximum Gasteiger partial charge on any atom is 0.317 e. The Morgan fingerprint density at radius 3 is 2.85 bits per heavy atom. The molecule has 1 fully saturated rings. The first kappa shape index (κ1) is 15.3. The third kappa shape index (κ3) is 4.78. The minimum Gasteiger partial charge on any atom is -0.338 e. The maximum absolute atomic E-state index is 12.0. The van der Waals surface area contributed by atoms with Gasteiger partial charge in [-0.25, -0.2) is 9.78 Å². The number of thiazole rings is 1. The fraction of sp³-hybridized carbons (Fsp3) is 0.733. The highest BCUT2D eigenvalue weighted by atomic mass is 32.1. The molecule has 1 N–H and O–H groups in total. The summed E-state index contributed by atoms with van der Waals surface area (Å²) in [4.78, 5) is 18.1. The molecule has 1 heterocycles. The standard InChI is InChI=1S/C15H25N3OS/c1-12-17-14(11-20-12)10-18(2)15(19)16-9-8-13-6-4-3-5-7-13/h11,13H,3-10H2,1-2H3,(H,16,19). The topological polar surface area (TPSA) is 45.2 Å². The van der Waals surface area contributed by atoms with Gasteiger partial charge in [0.05, 0.1) is 17.2 Å². The Labute approximate surface area is 125 Å². The molecule has 0 atom stereocenters. The van der Waals surface area contributed by atoms with Crippen LogP contribution in [0.3, 0.4) is 0 Å². The van der Waals surface area contributed by atoms with Crippen molar-refractivity contribution in [1.29, 1.82) is 0 Å². The van der Waals surface area contributed by atoms with Crippen molar-refractivity contribution >= 4 is 17.4 Å². The van der Waals surface area contributed by atoms with Crippen molar-refractivity contribution in [2.24, 2.45) is 5.92 Å². The molecule has 20 heavy (non-hydrogen) atoms. The highest BCUT2D eigenvalue weighted by molar-refractivity contribution is 7.09. The molecule has 1 saturated carbocycles. The van der Waals surface area contributed by atoms with E-state index in [9.17, 15) is 4.79 Å². The van der Waals surface area contributed by atoms with Gasteiger partial charge < -0.3 is 10.2 Å². The summed E-state index contributed by atoms with van der Waals surface area (Å²) in [6, 6.07) is 0.00598. The fourth-order valence-corrected chi connectivity index (χ4v) is 3.39. The first-order valence-corrected chi connectivity index (χ1v) is 8.43. The van der Waals surface area contributed by atoms with Crippen molar-refractivity contribution in [1.82, 2.24) is 15.2 Å². The zero-order chi connectivity index (χ0) is 14.4. The summed E-state index contributed by atoms with van der Waals surface area (Å²) in [5.41, 5.74) is 0.970. The van der Waals surface area contributed by atoms with Crippen molar-refractivity contribution in [3.63, 3.8) is 0 Å². The second-order valence-corrected chi connectivity index (χ2v) is 6.80.